The molecule has 0 radical (unpaired) electrons. The van der Waals surface area contributed by atoms with Gasteiger partial charge >= 0.3 is 0 Å². The topological polar surface area (TPSA) is 72.7 Å². The van der Waals surface area contributed by atoms with Gasteiger partial charge in [0.15, 0.2) is 5.82 Å². The molecular weight excluding hydrogens is 206 g/mol. The van der Waals surface area contributed by atoms with Gasteiger partial charge in [-0.2, -0.15) is 0 Å². The van der Waals surface area contributed by atoms with Gasteiger partial charge in [-0.25, -0.2) is 4.68 Å². The van der Waals surface area contributed by atoms with Crippen molar-refractivity contribution in [2.45, 2.75) is 51.6 Å². The summed E-state index contributed by atoms with van der Waals surface area (Å²) < 4.78 is 1.87. The van der Waals surface area contributed by atoms with E-state index in [1.807, 2.05) is 4.68 Å². The summed E-state index contributed by atoms with van der Waals surface area (Å²) in [6, 6.07) is 0.410. The Bertz CT molecular complexity index is 356. The number of hydrogen-bond donors (Lipinski definition) is 1. The van der Waals surface area contributed by atoms with E-state index in [0.717, 1.165) is 18.7 Å². The van der Waals surface area contributed by atoms with E-state index in [4.69, 9.17) is 0 Å². The Balaban J connectivity index is 2.02. The normalized spacial score (nSPS) is 17.3. The smallest absolute Gasteiger partial charge is 0.217 e. The van der Waals surface area contributed by atoms with Crippen molar-refractivity contribution >= 4 is 5.91 Å². The number of aromatic nitrogens is 4. The van der Waals surface area contributed by atoms with Crippen LogP contribution in [0, 0.1) is 0 Å². The van der Waals surface area contributed by atoms with Crippen LogP contribution >= 0.6 is 0 Å². The molecule has 0 atom stereocenters. The fourth-order valence-corrected chi connectivity index (χ4v) is 2.14. The number of nitrogens with zero attached hydrogens (tertiary/aromatic N) is 4. The number of nitrogens with one attached hydrogen (secondary N) is 1. The van der Waals surface area contributed by atoms with E-state index in [-0.39, 0.29) is 5.91 Å². The summed E-state index contributed by atoms with van der Waals surface area (Å²) in [6.07, 6.45) is 6.06. The van der Waals surface area contributed by atoms with E-state index in [2.05, 4.69) is 20.8 Å². The van der Waals surface area contributed by atoms with Crippen LogP contribution in [0.2, 0.25) is 0 Å². The first-order valence-electron chi connectivity index (χ1n) is 5.78. The lowest BCUT2D eigenvalue weighted by Crippen LogP contribution is -2.24. The van der Waals surface area contributed by atoms with Gasteiger partial charge in [-0.15, -0.1) is 5.10 Å². The van der Waals surface area contributed by atoms with Gasteiger partial charge in [0.05, 0.1) is 12.6 Å². The van der Waals surface area contributed by atoms with Crippen molar-refractivity contribution in [3.05, 3.63) is 5.82 Å². The van der Waals surface area contributed by atoms with Crippen LogP contribution in [0.25, 0.3) is 0 Å². The van der Waals surface area contributed by atoms with Gasteiger partial charge in [0.25, 0.3) is 0 Å². The van der Waals surface area contributed by atoms with Crippen LogP contribution in [-0.4, -0.2) is 26.1 Å². The van der Waals surface area contributed by atoms with Crippen molar-refractivity contribution in [3.63, 3.8) is 0 Å². The second kappa shape index (κ2) is 5.05. The van der Waals surface area contributed by atoms with Crippen molar-refractivity contribution in [1.29, 1.82) is 0 Å². The Kier molecular flexibility index (Phi) is 3.48. The van der Waals surface area contributed by atoms with Crippen LogP contribution in [0.5, 0.6) is 0 Å². The summed E-state index contributed by atoms with van der Waals surface area (Å²) in [5, 5.41) is 14.4. The van der Waals surface area contributed by atoms with E-state index in [9.17, 15) is 4.79 Å². The molecule has 1 aromatic heterocycles. The quantitative estimate of drug-likeness (QED) is 0.823. The van der Waals surface area contributed by atoms with Gasteiger partial charge in [0.2, 0.25) is 5.91 Å². The minimum absolute atomic E-state index is 0.0572. The molecule has 0 aliphatic heterocycles. The van der Waals surface area contributed by atoms with Crippen molar-refractivity contribution in [3.8, 4) is 0 Å². The summed E-state index contributed by atoms with van der Waals surface area (Å²) in [6.45, 7) is 1.91. The Hall–Kier alpha value is -1.46. The Morgan fingerprint density at radius 3 is 2.88 bits per heavy atom. The summed E-state index contributed by atoms with van der Waals surface area (Å²) in [7, 11) is 0. The predicted octanol–water partition coefficient (Wildman–Crippen LogP) is 0.814. The maximum absolute atomic E-state index is 10.8. The molecule has 1 heterocycles. The third kappa shape index (κ3) is 2.56. The van der Waals surface area contributed by atoms with Gasteiger partial charge in [-0.1, -0.05) is 19.3 Å². The van der Waals surface area contributed by atoms with Gasteiger partial charge in [-0.05, 0) is 23.3 Å². The van der Waals surface area contributed by atoms with Crippen LogP contribution in [0.15, 0.2) is 0 Å². The molecule has 1 amide bonds. The molecule has 88 valence electrons. The van der Waals surface area contributed by atoms with E-state index in [1.54, 1.807) is 0 Å². The van der Waals surface area contributed by atoms with E-state index >= 15 is 0 Å². The highest BCUT2D eigenvalue weighted by Crippen LogP contribution is 2.27. The molecule has 6 heteroatoms. The molecule has 1 N–H and O–H groups in total. The SMILES string of the molecule is CC(=O)NCc1nnnn1C1CCCCC1. The van der Waals surface area contributed by atoms with Crippen LogP contribution in [0.3, 0.4) is 0 Å². The summed E-state index contributed by atoms with van der Waals surface area (Å²) in [4.78, 5) is 10.8. The number of carbonyl (C=O) groups excluding carboxylic acids is 1. The lowest BCUT2D eigenvalue weighted by Gasteiger charge is -2.22. The summed E-state index contributed by atoms with van der Waals surface area (Å²) in [5.74, 6) is 0.695. The number of tetrazole rings is 1. The van der Waals surface area contributed by atoms with Gasteiger partial charge in [0.1, 0.15) is 0 Å². The van der Waals surface area contributed by atoms with Crippen molar-refractivity contribution in [2.75, 3.05) is 0 Å². The molecule has 1 fully saturated rings. The highest BCUT2D eigenvalue weighted by atomic mass is 16.1. The molecule has 0 spiro atoms. The average Bonchev–Trinajstić information content (AvgIpc) is 2.75. The highest BCUT2D eigenvalue weighted by molar-refractivity contribution is 5.72. The zero-order valence-corrected chi connectivity index (χ0v) is 9.52. The first-order valence-corrected chi connectivity index (χ1v) is 5.78. The van der Waals surface area contributed by atoms with Gasteiger partial charge in [0, 0.05) is 6.92 Å². The Morgan fingerprint density at radius 1 is 1.44 bits per heavy atom. The Morgan fingerprint density at radius 2 is 2.19 bits per heavy atom. The van der Waals surface area contributed by atoms with E-state index < -0.39 is 0 Å². The van der Waals surface area contributed by atoms with Crippen LogP contribution in [-0.2, 0) is 11.3 Å². The second-order valence-electron chi connectivity index (χ2n) is 4.24. The number of rotatable bonds is 3. The zero-order chi connectivity index (χ0) is 11.4. The van der Waals surface area contributed by atoms with Crippen molar-refractivity contribution in [1.82, 2.24) is 25.5 Å². The minimum Gasteiger partial charge on any atom is -0.349 e. The molecule has 1 aromatic rings. The third-order valence-corrected chi connectivity index (χ3v) is 2.98. The monoisotopic (exact) mass is 223 g/mol. The highest BCUT2D eigenvalue weighted by Gasteiger charge is 2.19. The van der Waals surface area contributed by atoms with Crippen molar-refractivity contribution in [2.24, 2.45) is 0 Å². The molecule has 1 saturated carbocycles. The zero-order valence-electron chi connectivity index (χ0n) is 9.52. The fraction of sp³-hybridized carbons (Fsp3) is 0.800. The molecule has 1 aliphatic carbocycles. The predicted molar refractivity (Wildman–Crippen MR) is 57.5 cm³/mol. The average molecular weight is 223 g/mol. The van der Waals surface area contributed by atoms with Crippen LogP contribution in [0.4, 0.5) is 0 Å². The maximum atomic E-state index is 10.8. The fourth-order valence-electron chi connectivity index (χ4n) is 2.14. The molecule has 1 aliphatic rings. The maximum Gasteiger partial charge on any atom is 0.217 e. The molecular formula is C10H17N5O. The van der Waals surface area contributed by atoms with Gasteiger partial charge < -0.3 is 5.32 Å². The van der Waals surface area contributed by atoms with E-state index in [0.29, 0.717) is 12.6 Å². The largest absolute Gasteiger partial charge is 0.349 e. The standard InChI is InChI=1S/C10H17N5O/c1-8(16)11-7-10-12-13-14-15(10)9-5-3-2-4-6-9/h9H,2-7H2,1H3,(H,11,16). The van der Waals surface area contributed by atoms with Crippen molar-refractivity contribution < 1.29 is 4.79 Å². The second-order valence-corrected chi connectivity index (χ2v) is 4.24. The summed E-state index contributed by atoms with van der Waals surface area (Å²) >= 11 is 0. The lowest BCUT2D eigenvalue weighted by molar-refractivity contribution is -0.119. The Labute approximate surface area is 94.4 Å². The molecule has 0 saturated heterocycles. The number of hydrogen-bond acceptors (Lipinski definition) is 4. The summed E-state index contributed by atoms with van der Waals surface area (Å²) in [5.41, 5.74) is 0. The molecule has 6 nitrogen and oxygen atoms in total. The molecule has 2 rings (SSSR count). The first kappa shape index (κ1) is 11.0. The third-order valence-electron chi connectivity index (χ3n) is 2.98. The first-order chi connectivity index (χ1) is 7.77. The van der Waals surface area contributed by atoms with Gasteiger partial charge in [-0.3, -0.25) is 4.79 Å². The molecule has 0 bridgehead atoms. The number of amides is 1. The minimum atomic E-state index is -0.0572. The van der Waals surface area contributed by atoms with Crippen LogP contribution in [0.1, 0.15) is 50.9 Å². The molecule has 0 unspecified atom stereocenters. The lowest BCUT2D eigenvalue weighted by atomic mass is 9.96. The van der Waals surface area contributed by atoms with E-state index in [1.165, 1.54) is 26.2 Å². The number of carbonyl (C=O) groups is 1. The molecule has 16 heavy (non-hydrogen) atoms. The molecule has 0 aromatic carbocycles. The van der Waals surface area contributed by atoms with Crippen LogP contribution < -0.4 is 5.32 Å².